The van der Waals surface area contributed by atoms with Crippen LogP contribution in [0.1, 0.15) is 12.0 Å². The van der Waals surface area contributed by atoms with Gasteiger partial charge >= 0.3 is 0 Å². The molecule has 22 heavy (non-hydrogen) atoms. The van der Waals surface area contributed by atoms with Crippen LogP contribution in [0.15, 0.2) is 12.1 Å². The van der Waals surface area contributed by atoms with Crippen LogP contribution in [0.2, 0.25) is 0 Å². The first-order valence-electron chi connectivity index (χ1n) is 6.88. The molecule has 0 bridgehead atoms. The molecular formula is C15H24N2O5. The molecule has 1 amide bonds. The zero-order chi connectivity index (χ0) is 16.5. The number of methoxy groups -OCH3 is 4. The van der Waals surface area contributed by atoms with Crippen LogP contribution >= 0.6 is 0 Å². The fraction of sp³-hybridized carbons (Fsp3) is 0.533. The van der Waals surface area contributed by atoms with Crippen molar-refractivity contribution in [2.75, 3.05) is 35.0 Å². The third kappa shape index (κ3) is 4.78. The van der Waals surface area contributed by atoms with Crippen LogP contribution in [0.5, 0.6) is 17.2 Å². The topological polar surface area (TPSA) is 92.0 Å². The van der Waals surface area contributed by atoms with Crippen molar-refractivity contribution >= 4 is 5.91 Å². The molecule has 1 aromatic rings. The normalized spacial score (nSPS) is 11.7. The van der Waals surface area contributed by atoms with Gasteiger partial charge < -0.3 is 30.0 Å². The summed E-state index contributed by atoms with van der Waals surface area (Å²) in [6.07, 6.45) is -0.0898. The SMILES string of the molecule is COc1cc(OC)c(CNC(=O)CC(CN)OC)c(OC)c1. The summed E-state index contributed by atoms with van der Waals surface area (Å²) in [5, 5.41) is 2.81. The Hall–Kier alpha value is -1.99. The summed E-state index contributed by atoms with van der Waals surface area (Å²) in [6.45, 7) is 0.565. The lowest BCUT2D eigenvalue weighted by Gasteiger charge is -2.16. The Labute approximate surface area is 130 Å². The second-order valence-corrected chi connectivity index (χ2v) is 4.58. The summed E-state index contributed by atoms with van der Waals surface area (Å²) in [5.74, 6) is 1.63. The second-order valence-electron chi connectivity index (χ2n) is 4.58. The number of hydrogen-bond donors (Lipinski definition) is 2. The molecule has 0 saturated heterocycles. The number of carbonyl (C=O) groups excluding carboxylic acids is 1. The lowest BCUT2D eigenvalue weighted by atomic mass is 10.1. The molecule has 0 aliphatic rings. The molecule has 1 unspecified atom stereocenters. The molecule has 0 aliphatic carbocycles. The van der Waals surface area contributed by atoms with E-state index < -0.39 is 0 Å². The Morgan fingerprint density at radius 2 is 1.73 bits per heavy atom. The molecule has 0 fully saturated rings. The summed E-state index contributed by atoms with van der Waals surface area (Å²) in [7, 11) is 6.19. The maximum absolute atomic E-state index is 11.9. The Morgan fingerprint density at radius 1 is 1.14 bits per heavy atom. The Bertz CT molecular complexity index is 464. The van der Waals surface area contributed by atoms with Crippen molar-refractivity contribution in [1.29, 1.82) is 0 Å². The van der Waals surface area contributed by atoms with Crippen molar-refractivity contribution in [3.05, 3.63) is 17.7 Å². The van der Waals surface area contributed by atoms with Crippen molar-refractivity contribution in [2.45, 2.75) is 19.1 Å². The molecule has 7 nitrogen and oxygen atoms in total. The lowest BCUT2D eigenvalue weighted by molar-refractivity contribution is -0.123. The highest BCUT2D eigenvalue weighted by Crippen LogP contribution is 2.33. The molecule has 1 rings (SSSR count). The van der Waals surface area contributed by atoms with E-state index in [1.54, 1.807) is 33.5 Å². The first kappa shape index (κ1) is 18.1. The minimum absolute atomic E-state index is 0.155. The van der Waals surface area contributed by atoms with E-state index >= 15 is 0 Å². The fourth-order valence-corrected chi connectivity index (χ4v) is 1.98. The average molecular weight is 312 g/mol. The van der Waals surface area contributed by atoms with Gasteiger partial charge in [-0.1, -0.05) is 0 Å². The number of ether oxygens (including phenoxy) is 4. The number of nitrogens with two attached hydrogens (primary N) is 1. The highest BCUT2D eigenvalue weighted by Gasteiger charge is 2.16. The first-order chi connectivity index (χ1) is 10.6. The van der Waals surface area contributed by atoms with Gasteiger partial charge in [0, 0.05) is 25.8 Å². The zero-order valence-electron chi connectivity index (χ0n) is 13.5. The van der Waals surface area contributed by atoms with Crippen LogP contribution in [0.3, 0.4) is 0 Å². The number of rotatable bonds is 9. The van der Waals surface area contributed by atoms with E-state index in [-0.39, 0.29) is 25.0 Å². The third-order valence-corrected chi connectivity index (χ3v) is 3.29. The quantitative estimate of drug-likeness (QED) is 0.697. The van der Waals surface area contributed by atoms with Gasteiger partial charge in [0.15, 0.2) is 0 Å². The van der Waals surface area contributed by atoms with Crippen LogP contribution in [-0.4, -0.2) is 47.0 Å². The van der Waals surface area contributed by atoms with Crippen LogP contribution in [0.4, 0.5) is 0 Å². The Balaban J connectivity index is 2.82. The third-order valence-electron chi connectivity index (χ3n) is 3.29. The van der Waals surface area contributed by atoms with Crippen molar-refractivity contribution in [2.24, 2.45) is 5.73 Å². The van der Waals surface area contributed by atoms with Gasteiger partial charge in [-0.25, -0.2) is 0 Å². The minimum Gasteiger partial charge on any atom is -0.496 e. The smallest absolute Gasteiger partial charge is 0.222 e. The number of carbonyl (C=O) groups is 1. The van der Waals surface area contributed by atoms with E-state index in [9.17, 15) is 4.79 Å². The predicted octanol–water partition coefficient (Wildman–Crippen LogP) is 0.692. The molecule has 0 spiro atoms. The molecule has 124 valence electrons. The highest BCUT2D eigenvalue weighted by molar-refractivity contribution is 5.76. The summed E-state index contributed by atoms with van der Waals surface area (Å²) in [6, 6.07) is 3.48. The van der Waals surface area contributed by atoms with Crippen molar-refractivity contribution in [3.8, 4) is 17.2 Å². The molecule has 1 atom stereocenters. The second kappa shape index (κ2) is 9.11. The van der Waals surface area contributed by atoms with Crippen LogP contribution < -0.4 is 25.3 Å². The molecule has 0 radical (unpaired) electrons. The molecule has 7 heteroatoms. The van der Waals surface area contributed by atoms with E-state index in [1.165, 1.54) is 7.11 Å². The lowest BCUT2D eigenvalue weighted by Crippen LogP contribution is -2.32. The predicted molar refractivity (Wildman–Crippen MR) is 82.4 cm³/mol. The number of benzene rings is 1. The van der Waals surface area contributed by atoms with E-state index in [2.05, 4.69) is 5.32 Å². The maximum atomic E-state index is 11.9. The Kier molecular flexibility index (Phi) is 7.48. The van der Waals surface area contributed by atoms with E-state index in [0.29, 0.717) is 23.8 Å². The van der Waals surface area contributed by atoms with Crippen molar-refractivity contribution in [3.63, 3.8) is 0 Å². The fourth-order valence-electron chi connectivity index (χ4n) is 1.98. The molecule has 0 aliphatic heterocycles. The summed E-state index contributed by atoms with van der Waals surface area (Å²) >= 11 is 0. The van der Waals surface area contributed by atoms with Crippen LogP contribution in [-0.2, 0) is 16.1 Å². The number of hydrogen-bond acceptors (Lipinski definition) is 6. The maximum Gasteiger partial charge on any atom is 0.222 e. The minimum atomic E-state index is -0.292. The first-order valence-corrected chi connectivity index (χ1v) is 6.88. The van der Waals surface area contributed by atoms with Crippen LogP contribution in [0, 0.1) is 0 Å². The zero-order valence-corrected chi connectivity index (χ0v) is 13.5. The van der Waals surface area contributed by atoms with Crippen molar-refractivity contribution < 1.29 is 23.7 Å². The molecule has 1 aromatic carbocycles. The van der Waals surface area contributed by atoms with E-state index in [4.69, 9.17) is 24.7 Å². The van der Waals surface area contributed by atoms with Crippen molar-refractivity contribution in [1.82, 2.24) is 5.32 Å². The van der Waals surface area contributed by atoms with Gasteiger partial charge in [0.2, 0.25) is 5.91 Å². The largest absolute Gasteiger partial charge is 0.496 e. The van der Waals surface area contributed by atoms with E-state index in [0.717, 1.165) is 5.56 Å². The van der Waals surface area contributed by atoms with Gasteiger partial charge in [-0.3, -0.25) is 4.79 Å². The monoisotopic (exact) mass is 312 g/mol. The molecule has 3 N–H and O–H groups in total. The molecule has 0 saturated carbocycles. The summed E-state index contributed by atoms with van der Waals surface area (Å²) in [5.41, 5.74) is 6.24. The van der Waals surface area contributed by atoms with Gasteiger partial charge in [-0.05, 0) is 0 Å². The van der Waals surface area contributed by atoms with E-state index in [1.807, 2.05) is 0 Å². The van der Waals surface area contributed by atoms with Gasteiger partial charge in [0.05, 0.1) is 46.0 Å². The van der Waals surface area contributed by atoms with Gasteiger partial charge in [0.25, 0.3) is 0 Å². The molecule has 0 heterocycles. The summed E-state index contributed by atoms with van der Waals surface area (Å²) in [4.78, 5) is 11.9. The van der Waals surface area contributed by atoms with Gasteiger partial charge in [0.1, 0.15) is 17.2 Å². The Morgan fingerprint density at radius 3 is 2.14 bits per heavy atom. The molecular weight excluding hydrogens is 288 g/mol. The van der Waals surface area contributed by atoms with Gasteiger partial charge in [-0.2, -0.15) is 0 Å². The number of nitrogens with one attached hydrogen (secondary N) is 1. The summed E-state index contributed by atoms with van der Waals surface area (Å²) < 4.78 is 20.9. The van der Waals surface area contributed by atoms with Crippen LogP contribution in [0.25, 0.3) is 0 Å². The number of amides is 1. The highest BCUT2D eigenvalue weighted by atomic mass is 16.5. The average Bonchev–Trinajstić information content (AvgIpc) is 2.56. The molecule has 0 aromatic heterocycles. The standard InChI is InChI=1S/C15H24N2O5/c1-19-10-5-13(21-3)12(14(6-10)22-4)9-17-15(18)7-11(8-16)20-2/h5-6,11H,7-9,16H2,1-4H3,(H,17,18). The van der Waals surface area contributed by atoms with Gasteiger partial charge in [-0.15, -0.1) is 0 Å².